The molecule has 0 bridgehead atoms. The molecular weight excluding hydrogens is 528 g/mol. The number of hydrogen-bond donors (Lipinski definition) is 1. The first-order chi connectivity index (χ1) is 19.0. The monoisotopic (exact) mass is 550 g/mol. The summed E-state index contributed by atoms with van der Waals surface area (Å²) < 4.78 is 5.89. The van der Waals surface area contributed by atoms with E-state index in [2.05, 4.69) is 4.98 Å². The maximum atomic E-state index is 14.0. The molecule has 1 amide bonds. The number of aromatic nitrogens is 1. The SMILES string of the molecule is Cc1nc(-c2ccccc2)sc1C(=O)C1=C(O)C(=O)N(c2ccc(Oc3ccccc3)cc2)C1c1cccs1. The summed E-state index contributed by atoms with van der Waals surface area (Å²) in [5.41, 5.74) is 2.06. The highest BCUT2D eigenvalue weighted by Gasteiger charge is 2.45. The molecule has 0 spiro atoms. The van der Waals surface area contributed by atoms with E-state index in [4.69, 9.17) is 4.74 Å². The number of para-hydroxylation sites is 1. The van der Waals surface area contributed by atoms with Crippen LogP contribution in [0.3, 0.4) is 0 Å². The quantitative estimate of drug-likeness (QED) is 0.210. The average molecular weight is 551 g/mol. The van der Waals surface area contributed by atoms with Crippen LogP contribution in [-0.2, 0) is 4.79 Å². The number of hydrogen-bond acceptors (Lipinski definition) is 7. The number of carbonyl (C=O) groups excluding carboxylic acids is 2. The van der Waals surface area contributed by atoms with E-state index < -0.39 is 23.5 Å². The largest absolute Gasteiger partial charge is 0.503 e. The molecule has 0 aliphatic carbocycles. The van der Waals surface area contributed by atoms with Crippen molar-refractivity contribution in [2.45, 2.75) is 13.0 Å². The van der Waals surface area contributed by atoms with Gasteiger partial charge in [-0.05, 0) is 54.8 Å². The van der Waals surface area contributed by atoms with E-state index in [1.807, 2.05) is 78.2 Å². The Hall–Kier alpha value is -4.53. The van der Waals surface area contributed by atoms with Gasteiger partial charge in [0, 0.05) is 16.1 Å². The van der Waals surface area contributed by atoms with Crippen LogP contribution in [0.15, 0.2) is 114 Å². The molecule has 0 fully saturated rings. The molecule has 0 saturated heterocycles. The standard InChI is InChI=1S/C31H22N2O4S2/c1-19-29(39-30(32-19)20-9-4-2-5-10-20)27(34)25-26(24-13-8-18-38-24)33(31(36)28(25)35)21-14-16-23(17-15-21)37-22-11-6-3-7-12-22/h2-18,26,35H,1H3. The second kappa shape index (κ2) is 10.3. The molecule has 1 aliphatic rings. The molecule has 1 unspecified atom stereocenters. The van der Waals surface area contributed by atoms with Gasteiger partial charge in [0.1, 0.15) is 22.5 Å². The Morgan fingerprint density at radius 1 is 0.897 bits per heavy atom. The lowest BCUT2D eigenvalue weighted by molar-refractivity contribution is -0.117. The number of aliphatic hydroxyl groups is 1. The molecule has 6 nitrogen and oxygen atoms in total. The van der Waals surface area contributed by atoms with Gasteiger partial charge < -0.3 is 9.84 Å². The van der Waals surface area contributed by atoms with Gasteiger partial charge in [-0.25, -0.2) is 4.98 Å². The number of nitrogens with zero attached hydrogens (tertiary/aromatic N) is 2. The molecule has 1 atom stereocenters. The number of thiophene rings is 1. The molecule has 3 aromatic carbocycles. The molecule has 39 heavy (non-hydrogen) atoms. The third kappa shape index (κ3) is 4.65. The number of benzene rings is 3. The molecule has 0 saturated carbocycles. The number of rotatable bonds is 7. The van der Waals surface area contributed by atoms with Crippen LogP contribution in [0.25, 0.3) is 10.6 Å². The fourth-order valence-corrected chi connectivity index (χ4v) is 6.40. The van der Waals surface area contributed by atoms with Gasteiger partial charge in [0.05, 0.1) is 16.1 Å². The van der Waals surface area contributed by atoms with Gasteiger partial charge in [0.15, 0.2) is 5.76 Å². The van der Waals surface area contributed by atoms with Crippen LogP contribution in [-0.4, -0.2) is 21.8 Å². The Bertz CT molecular complexity index is 1680. The van der Waals surface area contributed by atoms with Gasteiger partial charge in [0.2, 0.25) is 5.78 Å². The van der Waals surface area contributed by atoms with Crippen molar-refractivity contribution in [3.63, 3.8) is 0 Å². The van der Waals surface area contributed by atoms with E-state index in [-0.39, 0.29) is 5.57 Å². The maximum absolute atomic E-state index is 14.0. The summed E-state index contributed by atoms with van der Waals surface area (Å²) in [5, 5.41) is 13.7. The predicted molar refractivity (Wildman–Crippen MR) is 154 cm³/mol. The minimum atomic E-state index is -0.771. The van der Waals surface area contributed by atoms with Crippen molar-refractivity contribution in [2.75, 3.05) is 4.90 Å². The highest BCUT2D eigenvalue weighted by atomic mass is 32.1. The summed E-state index contributed by atoms with van der Waals surface area (Å²) in [6, 6.07) is 29.0. The minimum absolute atomic E-state index is 0.0541. The van der Waals surface area contributed by atoms with E-state index in [1.54, 1.807) is 31.2 Å². The summed E-state index contributed by atoms with van der Waals surface area (Å²) in [7, 11) is 0. The fourth-order valence-electron chi connectivity index (χ4n) is 4.55. The first kappa shape index (κ1) is 24.8. The van der Waals surface area contributed by atoms with Gasteiger partial charge in [-0.15, -0.1) is 22.7 Å². The Morgan fingerprint density at radius 2 is 1.56 bits per heavy atom. The van der Waals surface area contributed by atoms with Crippen LogP contribution in [0.2, 0.25) is 0 Å². The number of thiazole rings is 1. The molecule has 0 radical (unpaired) electrons. The zero-order chi connectivity index (χ0) is 26.9. The van der Waals surface area contributed by atoms with Crippen LogP contribution < -0.4 is 9.64 Å². The lowest BCUT2D eigenvalue weighted by atomic mass is 10.00. The van der Waals surface area contributed by atoms with Crippen LogP contribution in [0.4, 0.5) is 5.69 Å². The molecule has 6 rings (SSSR count). The van der Waals surface area contributed by atoms with E-state index in [1.165, 1.54) is 27.6 Å². The van der Waals surface area contributed by atoms with Crippen molar-refractivity contribution in [2.24, 2.45) is 0 Å². The van der Waals surface area contributed by atoms with E-state index in [9.17, 15) is 14.7 Å². The number of aliphatic hydroxyl groups excluding tert-OH is 1. The first-order valence-corrected chi connectivity index (χ1v) is 13.9. The van der Waals surface area contributed by atoms with E-state index in [0.29, 0.717) is 32.8 Å². The summed E-state index contributed by atoms with van der Waals surface area (Å²) in [4.78, 5) is 34.7. The Kier molecular flexibility index (Phi) is 6.56. The number of ether oxygens (including phenoxy) is 1. The zero-order valence-corrected chi connectivity index (χ0v) is 22.4. The highest BCUT2D eigenvalue weighted by Crippen LogP contribution is 2.45. The lowest BCUT2D eigenvalue weighted by Gasteiger charge is -2.25. The maximum Gasteiger partial charge on any atom is 0.294 e. The third-order valence-electron chi connectivity index (χ3n) is 6.38. The van der Waals surface area contributed by atoms with Gasteiger partial charge in [-0.1, -0.05) is 54.6 Å². The summed E-state index contributed by atoms with van der Waals surface area (Å²) in [6.45, 7) is 1.77. The van der Waals surface area contributed by atoms with E-state index >= 15 is 0 Å². The van der Waals surface area contributed by atoms with Crippen molar-refractivity contribution < 1.29 is 19.4 Å². The van der Waals surface area contributed by atoms with Crippen molar-refractivity contribution in [3.05, 3.63) is 129 Å². The molecule has 3 heterocycles. The topological polar surface area (TPSA) is 79.7 Å². The van der Waals surface area contributed by atoms with Gasteiger partial charge in [0.25, 0.3) is 5.91 Å². The molecule has 5 aromatic rings. The third-order valence-corrected chi connectivity index (χ3v) is 8.51. The Morgan fingerprint density at radius 3 is 2.23 bits per heavy atom. The number of anilines is 1. The molecule has 192 valence electrons. The second-order valence-electron chi connectivity index (χ2n) is 8.89. The number of aryl methyl sites for hydroxylation is 1. The first-order valence-electron chi connectivity index (χ1n) is 12.2. The van der Waals surface area contributed by atoms with Crippen LogP contribution in [0.1, 0.15) is 26.3 Å². The molecular formula is C31H22N2O4S2. The average Bonchev–Trinajstić information content (AvgIpc) is 3.69. The van der Waals surface area contributed by atoms with Gasteiger partial charge in [-0.3, -0.25) is 14.5 Å². The Balaban J connectivity index is 1.36. The summed E-state index contributed by atoms with van der Waals surface area (Å²) >= 11 is 2.68. The van der Waals surface area contributed by atoms with Crippen LogP contribution >= 0.6 is 22.7 Å². The molecule has 2 aromatic heterocycles. The predicted octanol–water partition coefficient (Wildman–Crippen LogP) is 7.76. The molecule has 1 aliphatic heterocycles. The Labute approximate surface area is 233 Å². The summed E-state index contributed by atoms with van der Waals surface area (Å²) in [5.74, 6) is -0.272. The van der Waals surface area contributed by atoms with Crippen molar-refractivity contribution >= 4 is 40.1 Å². The van der Waals surface area contributed by atoms with Crippen molar-refractivity contribution in [1.82, 2.24) is 4.98 Å². The number of Topliss-reactive ketones (excluding diaryl/α,β-unsaturated/α-hetero) is 1. The normalized spacial score (nSPS) is 15.2. The van der Waals surface area contributed by atoms with Crippen LogP contribution in [0.5, 0.6) is 11.5 Å². The van der Waals surface area contributed by atoms with E-state index in [0.717, 1.165) is 10.4 Å². The smallest absolute Gasteiger partial charge is 0.294 e. The lowest BCUT2D eigenvalue weighted by Crippen LogP contribution is -2.30. The van der Waals surface area contributed by atoms with Gasteiger partial charge in [-0.2, -0.15) is 0 Å². The zero-order valence-electron chi connectivity index (χ0n) is 20.8. The summed E-state index contributed by atoms with van der Waals surface area (Å²) in [6.07, 6.45) is 0. The molecule has 1 N–H and O–H groups in total. The second-order valence-corrected chi connectivity index (χ2v) is 10.9. The number of amides is 1. The fraction of sp³-hybridized carbons (Fsp3) is 0.0645. The van der Waals surface area contributed by atoms with Crippen molar-refractivity contribution in [3.8, 4) is 22.1 Å². The molecule has 8 heteroatoms. The van der Waals surface area contributed by atoms with Crippen molar-refractivity contribution in [1.29, 1.82) is 0 Å². The number of carbonyl (C=O) groups is 2. The van der Waals surface area contributed by atoms with Crippen LogP contribution in [0, 0.1) is 6.92 Å². The highest BCUT2D eigenvalue weighted by molar-refractivity contribution is 7.17. The van der Waals surface area contributed by atoms with Gasteiger partial charge >= 0.3 is 0 Å². The number of ketones is 1. The minimum Gasteiger partial charge on any atom is -0.503 e.